The highest BCUT2D eigenvalue weighted by molar-refractivity contribution is 5.97. The maximum Gasteiger partial charge on any atom is 0.257 e. The average Bonchev–Trinajstić information content (AvgIpc) is 3.38. The van der Waals surface area contributed by atoms with Gasteiger partial charge in [-0.15, -0.1) is 0 Å². The molecule has 2 aliphatic heterocycles. The molecule has 6 heteroatoms. The molecule has 0 unspecified atom stereocenters. The summed E-state index contributed by atoms with van der Waals surface area (Å²) in [6, 6.07) is 14.9. The molecule has 2 fully saturated rings. The molecular formula is C26H32N2O4. The third-order valence-corrected chi connectivity index (χ3v) is 6.30. The zero-order valence-corrected chi connectivity index (χ0v) is 18.8. The molecule has 4 rings (SSSR count). The molecular weight excluding hydrogens is 404 g/mol. The van der Waals surface area contributed by atoms with Crippen molar-refractivity contribution in [1.82, 2.24) is 9.80 Å². The van der Waals surface area contributed by atoms with Crippen LogP contribution in [0.1, 0.15) is 53.3 Å². The van der Waals surface area contributed by atoms with Gasteiger partial charge in [0.1, 0.15) is 11.5 Å². The quantitative estimate of drug-likeness (QED) is 0.651. The number of amides is 2. The summed E-state index contributed by atoms with van der Waals surface area (Å²) in [5, 5.41) is 0. The Kier molecular flexibility index (Phi) is 7.30. The van der Waals surface area contributed by atoms with E-state index in [4.69, 9.17) is 9.47 Å². The van der Waals surface area contributed by atoms with Crippen molar-refractivity contribution in [3.05, 3.63) is 59.7 Å². The molecule has 0 spiro atoms. The van der Waals surface area contributed by atoms with Crippen molar-refractivity contribution in [2.75, 3.05) is 39.4 Å². The van der Waals surface area contributed by atoms with Crippen LogP contribution in [0.4, 0.5) is 0 Å². The summed E-state index contributed by atoms with van der Waals surface area (Å²) in [6.45, 7) is 6.23. The summed E-state index contributed by atoms with van der Waals surface area (Å²) in [4.78, 5) is 29.2. The van der Waals surface area contributed by atoms with Gasteiger partial charge in [-0.25, -0.2) is 0 Å². The Labute approximate surface area is 190 Å². The number of benzene rings is 2. The summed E-state index contributed by atoms with van der Waals surface area (Å²) >= 11 is 0. The van der Waals surface area contributed by atoms with Crippen LogP contribution < -0.4 is 9.47 Å². The van der Waals surface area contributed by atoms with Gasteiger partial charge >= 0.3 is 0 Å². The molecule has 2 aromatic carbocycles. The molecule has 0 atom stereocenters. The van der Waals surface area contributed by atoms with Crippen LogP contribution >= 0.6 is 0 Å². The van der Waals surface area contributed by atoms with Gasteiger partial charge in [-0.2, -0.15) is 0 Å². The van der Waals surface area contributed by atoms with Crippen molar-refractivity contribution < 1.29 is 19.1 Å². The predicted molar refractivity (Wildman–Crippen MR) is 123 cm³/mol. The fourth-order valence-corrected chi connectivity index (χ4v) is 4.41. The molecule has 2 aromatic rings. The van der Waals surface area contributed by atoms with Gasteiger partial charge in [0.15, 0.2) is 0 Å². The standard InChI is InChI=1S/C26H32N2O4/c1-2-31-24-8-4-3-7-23(24)26(30)28-17-13-20(14-18-28)19-32-22-11-9-21(10-12-22)25(29)27-15-5-6-16-27/h3-4,7-12,20H,2,5-6,13-19H2,1H3. The highest BCUT2D eigenvalue weighted by atomic mass is 16.5. The molecule has 2 amide bonds. The topological polar surface area (TPSA) is 59.1 Å². The zero-order valence-electron chi connectivity index (χ0n) is 18.8. The van der Waals surface area contributed by atoms with Gasteiger partial charge < -0.3 is 19.3 Å². The Hall–Kier alpha value is -3.02. The highest BCUT2D eigenvalue weighted by Crippen LogP contribution is 2.25. The number of carbonyl (C=O) groups excluding carboxylic acids is 2. The zero-order chi connectivity index (χ0) is 22.3. The second-order valence-electron chi connectivity index (χ2n) is 8.50. The SMILES string of the molecule is CCOc1ccccc1C(=O)N1CCC(COc2ccc(C(=O)N3CCCC3)cc2)CC1. The molecule has 0 radical (unpaired) electrons. The van der Waals surface area contributed by atoms with Crippen LogP contribution in [-0.2, 0) is 0 Å². The fraction of sp³-hybridized carbons (Fsp3) is 0.462. The number of likely N-dealkylation sites (tertiary alicyclic amines) is 2. The van der Waals surface area contributed by atoms with Gasteiger partial charge in [0.05, 0.1) is 18.8 Å². The van der Waals surface area contributed by atoms with E-state index in [0.717, 1.165) is 63.2 Å². The molecule has 2 saturated heterocycles. The van der Waals surface area contributed by atoms with E-state index in [1.165, 1.54) is 0 Å². The summed E-state index contributed by atoms with van der Waals surface area (Å²) < 4.78 is 11.6. The second-order valence-corrected chi connectivity index (χ2v) is 8.50. The minimum absolute atomic E-state index is 0.0340. The molecule has 2 aliphatic rings. The number of hydrogen-bond acceptors (Lipinski definition) is 4. The van der Waals surface area contributed by atoms with Crippen molar-refractivity contribution in [1.29, 1.82) is 0 Å². The average molecular weight is 437 g/mol. The van der Waals surface area contributed by atoms with Gasteiger partial charge in [0.2, 0.25) is 0 Å². The number of hydrogen-bond donors (Lipinski definition) is 0. The molecule has 0 N–H and O–H groups in total. The number of para-hydroxylation sites is 1. The lowest BCUT2D eigenvalue weighted by Crippen LogP contribution is -2.39. The molecule has 0 aliphatic carbocycles. The molecule has 32 heavy (non-hydrogen) atoms. The van der Waals surface area contributed by atoms with E-state index in [-0.39, 0.29) is 11.8 Å². The number of rotatable bonds is 7. The largest absolute Gasteiger partial charge is 0.493 e. The van der Waals surface area contributed by atoms with Gasteiger partial charge in [-0.3, -0.25) is 9.59 Å². The van der Waals surface area contributed by atoms with Crippen molar-refractivity contribution in [2.45, 2.75) is 32.6 Å². The Balaban J connectivity index is 1.25. The number of piperidine rings is 1. The van der Waals surface area contributed by atoms with Crippen LogP contribution in [0.5, 0.6) is 11.5 Å². The van der Waals surface area contributed by atoms with E-state index in [9.17, 15) is 9.59 Å². The monoisotopic (exact) mass is 436 g/mol. The van der Waals surface area contributed by atoms with Crippen molar-refractivity contribution >= 4 is 11.8 Å². The molecule has 2 heterocycles. The van der Waals surface area contributed by atoms with Crippen LogP contribution in [0.15, 0.2) is 48.5 Å². The third kappa shape index (κ3) is 5.23. The van der Waals surface area contributed by atoms with Gasteiger partial charge in [0.25, 0.3) is 11.8 Å². The Morgan fingerprint density at radius 1 is 0.844 bits per heavy atom. The van der Waals surface area contributed by atoms with Crippen molar-refractivity contribution in [3.8, 4) is 11.5 Å². The molecule has 0 bridgehead atoms. The van der Waals surface area contributed by atoms with Gasteiger partial charge in [-0.1, -0.05) is 12.1 Å². The van der Waals surface area contributed by atoms with Crippen LogP contribution in [0.25, 0.3) is 0 Å². The predicted octanol–water partition coefficient (Wildman–Crippen LogP) is 4.25. The first-order valence-corrected chi connectivity index (χ1v) is 11.7. The number of carbonyl (C=O) groups is 2. The normalized spacial score (nSPS) is 16.8. The molecule has 0 saturated carbocycles. The van der Waals surface area contributed by atoms with E-state index < -0.39 is 0 Å². The first kappa shape index (κ1) is 22.2. The first-order valence-electron chi connectivity index (χ1n) is 11.7. The maximum absolute atomic E-state index is 12.9. The fourth-order valence-electron chi connectivity index (χ4n) is 4.41. The van der Waals surface area contributed by atoms with E-state index >= 15 is 0 Å². The number of nitrogens with zero attached hydrogens (tertiary/aromatic N) is 2. The van der Waals surface area contributed by atoms with Crippen LogP contribution in [0, 0.1) is 5.92 Å². The van der Waals surface area contributed by atoms with E-state index in [1.807, 2.05) is 65.3 Å². The Morgan fingerprint density at radius 2 is 1.50 bits per heavy atom. The summed E-state index contributed by atoms with van der Waals surface area (Å²) in [7, 11) is 0. The Morgan fingerprint density at radius 3 is 2.19 bits per heavy atom. The van der Waals surface area contributed by atoms with E-state index in [0.29, 0.717) is 30.4 Å². The van der Waals surface area contributed by atoms with Crippen LogP contribution in [0.3, 0.4) is 0 Å². The van der Waals surface area contributed by atoms with Crippen LogP contribution in [-0.4, -0.2) is 61.0 Å². The minimum atomic E-state index is 0.0340. The van der Waals surface area contributed by atoms with E-state index in [2.05, 4.69) is 0 Å². The second kappa shape index (κ2) is 10.5. The minimum Gasteiger partial charge on any atom is -0.493 e. The first-order chi connectivity index (χ1) is 15.7. The molecule has 170 valence electrons. The van der Waals surface area contributed by atoms with Crippen molar-refractivity contribution in [2.24, 2.45) is 5.92 Å². The summed E-state index contributed by atoms with van der Waals surface area (Å²) in [5.41, 5.74) is 1.35. The van der Waals surface area contributed by atoms with Crippen LogP contribution in [0.2, 0.25) is 0 Å². The van der Waals surface area contributed by atoms with Gasteiger partial charge in [0, 0.05) is 31.7 Å². The highest BCUT2D eigenvalue weighted by Gasteiger charge is 2.26. The smallest absolute Gasteiger partial charge is 0.257 e. The lowest BCUT2D eigenvalue weighted by atomic mass is 9.97. The summed E-state index contributed by atoms with van der Waals surface area (Å²) in [6.07, 6.45) is 4.01. The molecule has 6 nitrogen and oxygen atoms in total. The van der Waals surface area contributed by atoms with Gasteiger partial charge in [-0.05, 0) is 74.9 Å². The summed E-state index contributed by atoms with van der Waals surface area (Å²) in [5.74, 6) is 1.99. The lowest BCUT2D eigenvalue weighted by molar-refractivity contribution is 0.0656. The van der Waals surface area contributed by atoms with E-state index in [1.54, 1.807) is 0 Å². The molecule has 0 aromatic heterocycles. The lowest BCUT2D eigenvalue weighted by Gasteiger charge is -2.32. The van der Waals surface area contributed by atoms with Crippen molar-refractivity contribution in [3.63, 3.8) is 0 Å². The number of ether oxygens (including phenoxy) is 2. The maximum atomic E-state index is 12.9. The Bertz CT molecular complexity index is 914. The third-order valence-electron chi connectivity index (χ3n) is 6.30.